The van der Waals surface area contributed by atoms with Gasteiger partial charge in [-0.15, -0.1) is 0 Å². The van der Waals surface area contributed by atoms with Crippen molar-refractivity contribution < 1.29 is 19.4 Å². The number of allylic oxidation sites excluding steroid dienone is 1. The van der Waals surface area contributed by atoms with Crippen molar-refractivity contribution in [3.05, 3.63) is 35.9 Å². The molecule has 20 heavy (non-hydrogen) atoms. The molecule has 2 aliphatic rings. The van der Waals surface area contributed by atoms with Gasteiger partial charge in [0.1, 0.15) is 0 Å². The summed E-state index contributed by atoms with van der Waals surface area (Å²) in [5, 5.41) is 13.0. The quantitative estimate of drug-likeness (QED) is 0.823. The highest BCUT2D eigenvalue weighted by atomic mass is 16.7. The Labute approximate surface area is 117 Å². The molecule has 1 heterocycles. The first-order valence-electron chi connectivity index (χ1n) is 6.74. The molecule has 3 rings (SSSR count). The average Bonchev–Trinajstić information content (AvgIpc) is 2.93. The molecular formula is C15H17NO4. The lowest BCUT2D eigenvalue weighted by Gasteiger charge is -2.27. The van der Waals surface area contributed by atoms with Crippen LogP contribution >= 0.6 is 0 Å². The number of fused-ring (bicyclic) bond motifs is 1. The largest absolute Gasteiger partial charge is 0.454 e. The Morgan fingerprint density at radius 2 is 2.20 bits per heavy atom. The van der Waals surface area contributed by atoms with Crippen LogP contribution in [0.5, 0.6) is 11.5 Å². The molecule has 0 fully saturated rings. The molecule has 0 saturated heterocycles. The summed E-state index contributed by atoms with van der Waals surface area (Å²) in [4.78, 5) is 12.1. The predicted molar refractivity (Wildman–Crippen MR) is 72.8 cm³/mol. The monoisotopic (exact) mass is 275 g/mol. The van der Waals surface area contributed by atoms with Crippen LogP contribution in [0.2, 0.25) is 0 Å². The van der Waals surface area contributed by atoms with Crippen molar-refractivity contribution in [3.8, 4) is 11.5 Å². The fraction of sp³-hybridized carbons (Fsp3) is 0.400. The Morgan fingerprint density at radius 1 is 1.35 bits per heavy atom. The van der Waals surface area contributed by atoms with Gasteiger partial charge in [-0.2, -0.15) is 0 Å². The van der Waals surface area contributed by atoms with Crippen LogP contribution in [0.1, 0.15) is 29.6 Å². The molecule has 1 atom stereocenters. The molecule has 1 aliphatic heterocycles. The Bertz CT molecular complexity index is 555. The van der Waals surface area contributed by atoms with E-state index in [1.165, 1.54) is 0 Å². The van der Waals surface area contributed by atoms with Gasteiger partial charge in [0, 0.05) is 5.56 Å². The molecule has 5 heteroatoms. The number of hydrogen-bond donors (Lipinski definition) is 2. The SMILES string of the molecule is O=C(NC[C@]1(O)C=CCCC1)c1ccc2c(c1)OCO2. The molecule has 0 bridgehead atoms. The zero-order valence-electron chi connectivity index (χ0n) is 11.1. The molecule has 5 nitrogen and oxygen atoms in total. The molecule has 1 aromatic rings. The standard InChI is InChI=1S/C15H17NO4/c17-14(16-9-15(18)6-2-1-3-7-15)11-4-5-12-13(8-11)20-10-19-12/h2,4-6,8,18H,1,3,7,9-10H2,(H,16,17)/t15-/m0/s1. The molecule has 0 spiro atoms. The van der Waals surface area contributed by atoms with Crippen LogP contribution in [0, 0.1) is 0 Å². The van der Waals surface area contributed by atoms with Crippen molar-refractivity contribution in [2.45, 2.75) is 24.9 Å². The highest BCUT2D eigenvalue weighted by molar-refractivity contribution is 5.95. The van der Waals surface area contributed by atoms with Crippen molar-refractivity contribution in [2.24, 2.45) is 0 Å². The van der Waals surface area contributed by atoms with E-state index in [1.807, 2.05) is 6.08 Å². The van der Waals surface area contributed by atoms with E-state index in [0.717, 1.165) is 12.8 Å². The fourth-order valence-corrected chi connectivity index (χ4v) is 2.43. The van der Waals surface area contributed by atoms with E-state index < -0.39 is 5.60 Å². The van der Waals surface area contributed by atoms with Gasteiger partial charge in [-0.25, -0.2) is 0 Å². The highest BCUT2D eigenvalue weighted by Gasteiger charge is 2.26. The Kier molecular flexibility index (Phi) is 3.36. The molecular weight excluding hydrogens is 258 g/mol. The lowest BCUT2D eigenvalue weighted by atomic mass is 9.91. The Morgan fingerprint density at radius 3 is 3.00 bits per heavy atom. The summed E-state index contributed by atoms with van der Waals surface area (Å²) < 4.78 is 10.4. The minimum Gasteiger partial charge on any atom is -0.454 e. The van der Waals surface area contributed by atoms with E-state index in [4.69, 9.17) is 9.47 Å². The van der Waals surface area contributed by atoms with Gasteiger partial charge in [0.15, 0.2) is 11.5 Å². The predicted octanol–water partition coefficient (Wildman–Crippen LogP) is 1.62. The number of aliphatic hydroxyl groups is 1. The van der Waals surface area contributed by atoms with E-state index in [9.17, 15) is 9.90 Å². The lowest BCUT2D eigenvalue weighted by Crippen LogP contribution is -2.42. The van der Waals surface area contributed by atoms with Crippen LogP contribution < -0.4 is 14.8 Å². The van der Waals surface area contributed by atoms with E-state index in [1.54, 1.807) is 24.3 Å². The van der Waals surface area contributed by atoms with Crippen LogP contribution in [-0.2, 0) is 0 Å². The molecule has 2 N–H and O–H groups in total. The third kappa shape index (κ3) is 2.63. The van der Waals surface area contributed by atoms with E-state index in [2.05, 4.69) is 5.32 Å². The van der Waals surface area contributed by atoms with E-state index in [-0.39, 0.29) is 19.2 Å². The van der Waals surface area contributed by atoms with Gasteiger partial charge in [0.05, 0.1) is 12.1 Å². The van der Waals surface area contributed by atoms with Gasteiger partial charge in [-0.3, -0.25) is 4.79 Å². The number of carbonyl (C=O) groups is 1. The molecule has 106 valence electrons. The van der Waals surface area contributed by atoms with Gasteiger partial charge in [0.25, 0.3) is 5.91 Å². The van der Waals surface area contributed by atoms with Crippen LogP contribution in [0.3, 0.4) is 0 Å². The van der Waals surface area contributed by atoms with E-state index >= 15 is 0 Å². The molecule has 1 aliphatic carbocycles. The third-order valence-electron chi connectivity index (χ3n) is 3.60. The van der Waals surface area contributed by atoms with E-state index in [0.29, 0.717) is 23.5 Å². The van der Waals surface area contributed by atoms with Crippen molar-refractivity contribution in [3.63, 3.8) is 0 Å². The number of amides is 1. The minimum atomic E-state index is -0.926. The normalized spacial score (nSPS) is 23.6. The van der Waals surface area contributed by atoms with Gasteiger partial charge in [-0.05, 0) is 37.5 Å². The second-order valence-corrected chi connectivity index (χ2v) is 5.15. The summed E-state index contributed by atoms with van der Waals surface area (Å²) in [5.41, 5.74) is -0.429. The zero-order valence-corrected chi connectivity index (χ0v) is 11.1. The van der Waals surface area contributed by atoms with Crippen molar-refractivity contribution in [2.75, 3.05) is 13.3 Å². The number of carbonyl (C=O) groups excluding carboxylic acids is 1. The third-order valence-corrected chi connectivity index (χ3v) is 3.60. The van der Waals surface area contributed by atoms with Crippen LogP contribution in [0.15, 0.2) is 30.4 Å². The zero-order chi connectivity index (χ0) is 14.0. The van der Waals surface area contributed by atoms with Crippen LogP contribution in [0.4, 0.5) is 0 Å². The number of benzene rings is 1. The topological polar surface area (TPSA) is 67.8 Å². The molecule has 1 amide bonds. The summed E-state index contributed by atoms with van der Waals surface area (Å²) in [7, 11) is 0. The maximum absolute atomic E-state index is 12.1. The maximum Gasteiger partial charge on any atom is 0.251 e. The number of hydrogen-bond acceptors (Lipinski definition) is 4. The molecule has 0 saturated carbocycles. The number of rotatable bonds is 3. The Hall–Kier alpha value is -2.01. The van der Waals surface area contributed by atoms with Crippen LogP contribution in [0.25, 0.3) is 0 Å². The van der Waals surface area contributed by atoms with Gasteiger partial charge in [-0.1, -0.05) is 12.2 Å². The first kappa shape index (κ1) is 13.0. The highest BCUT2D eigenvalue weighted by Crippen LogP contribution is 2.32. The Balaban J connectivity index is 1.64. The smallest absolute Gasteiger partial charge is 0.251 e. The van der Waals surface area contributed by atoms with Crippen molar-refractivity contribution >= 4 is 5.91 Å². The average molecular weight is 275 g/mol. The summed E-state index contributed by atoms with van der Waals surface area (Å²) in [6.07, 6.45) is 6.32. The number of nitrogens with one attached hydrogen (secondary N) is 1. The molecule has 1 aromatic carbocycles. The number of ether oxygens (including phenoxy) is 2. The van der Waals surface area contributed by atoms with Gasteiger partial charge < -0.3 is 19.9 Å². The molecule has 0 radical (unpaired) electrons. The second kappa shape index (κ2) is 5.17. The summed E-state index contributed by atoms with van der Waals surface area (Å²) in [6, 6.07) is 5.05. The second-order valence-electron chi connectivity index (χ2n) is 5.15. The molecule has 0 unspecified atom stereocenters. The van der Waals surface area contributed by atoms with Crippen molar-refractivity contribution in [1.82, 2.24) is 5.32 Å². The first-order chi connectivity index (χ1) is 9.66. The summed E-state index contributed by atoms with van der Waals surface area (Å²) in [5.74, 6) is 1.00. The lowest BCUT2D eigenvalue weighted by molar-refractivity contribution is 0.0660. The van der Waals surface area contributed by atoms with Crippen molar-refractivity contribution in [1.29, 1.82) is 0 Å². The summed E-state index contributed by atoms with van der Waals surface area (Å²) in [6.45, 7) is 0.404. The molecule has 0 aromatic heterocycles. The van der Waals surface area contributed by atoms with Gasteiger partial charge >= 0.3 is 0 Å². The minimum absolute atomic E-state index is 0.185. The van der Waals surface area contributed by atoms with Gasteiger partial charge in [0.2, 0.25) is 6.79 Å². The van der Waals surface area contributed by atoms with Crippen LogP contribution in [-0.4, -0.2) is 30.0 Å². The summed E-state index contributed by atoms with van der Waals surface area (Å²) >= 11 is 0. The maximum atomic E-state index is 12.1. The fourth-order valence-electron chi connectivity index (χ4n) is 2.43. The first-order valence-corrected chi connectivity index (χ1v) is 6.74.